The van der Waals surface area contributed by atoms with E-state index in [2.05, 4.69) is 126 Å². The monoisotopic (exact) mass is 1020 g/mol. The molecular formula is C51H53ClN16O4S. The van der Waals surface area contributed by atoms with Crippen LogP contribution in [0, 0.1) is 13.8 Å². The molecule has 374 valence electrons. The topological polar surface area (TPSA) is 266 Å². The lowest BCUT2D eigenvalue weighted by molar-refractivity contribution is 0.0970. The van der Waals surface area contributed by atoms with E-state index in [9.17, 15) is 18.0 Å². The number of amides is 2. The molecule has 0 bridgehead atoms. The highest BCUT2D eigenvalue weighted by molar-refractivity contribution is 7.90. The number of nitrogens with one attached hydrogen (secondary N) is 3. The van der Waals surface area contributed by atoms with Crippen LogP contribution in [-0.4, -0.2) is 104 Å². The zero-order valence-electron chi connectivity index (χ0n) is 40.7. The summed E-state index contributed by atoms with van der Waals surface area (Å²) >= 11 is 0. The largest absolute Gasteiger partial charge is 0.366 e. The molecule has 0 aliphatic carbocycles. The van der Waals surface area contributed by atoms with Crippen LogP contribution in [0.5, 0.6) is 0 Å². The fourth-order valence-corrected chi connectivity index (χ4v) is 8.39. The number of pyridine rings is 2. The quantitative estimate of drug-likeness (QED) is 0.0972. The summed E-state index contributed by atoms with van der Waals surface area (Å²) in [7, 11) is -0.297. The Hall–Kier alpha value is -8.40. The molecule has 0 saturated heterocycles. The number of aromatic nitrogens is 10. The van der Waals surface area contributed by atoms with Gasteiger partial charge in [0.25, 0.3) is 11.8 Å². The van der Waals surface area contributed by atoms with E-state index < -0.39 is 9.84 Å². The van der Waals surface area contributed by atoms with Crippen LogP contribution in [0.15, 0.2) is 128 Å². The van der Waals surface area contributed by atoms with Crippen molar-refractivity contribution in [2.45, 2.75) is 44.9 Å². The molecule has 0 unspecified atom stereocenters. The van der Waals surface area contributed by atoms with Crippen molar-refractivity contribution in [2.24, 2.45) is 5.73 Å². The van der Waals surface area contributed by atoms with Crippen LogP contribution in [0.4, 0.5) is 29.2 Å². The molecule has 0 fully saturated rings. The van der Waals surface area contributed by atoms with E-state index in [0.29, 0.717) is 79.5 Å². The van der Waals surface area contributed by atoms with Gasteiger partial charge in [0, 0.05) is 101 Å². The molecule has 6 aromatic heterocycles. The SMILES string of the molecule is CN.CNc1ncc2c(n1)CCN(c1cc(NCc3ccc(-c4ccnc(C)c4)cc3)ncn1)C2=O.Cc1cc(-c2ccc(CNc3cc(N4CCc5nc(S(C)(=O)=O)ncc5C4=O)ncn3)cc2)ccn1.Cl. The summed E-state index contributed by atoms with van der Waals surface area (Å²) in [6.07, 6.45) is 11.4. The van der Waals surface area contributed by atoms with Crippen LogP contribution in [0.1, 0.15) is 54.6 Å². The first-order chi connectivity index (χ1) is 34.9. The van der Waals surface area contributed by atoms with Gasteiger partial charge < -0.3 is 21.7 Å². The number of hydrogen-bond donors (Lipinski definition) is 4. The van der Waals surface area contributed by atoms with Crippen LogP contribution in [-0.2, 0) is 35.8 Å². The Balaban J connectivity index is 0.000000204. The van der Waals surface area contributed by atoms with Crippen molar-refractivity contribution in [1.29, 1.82) is 0 Å². The molecule has 2 aliphatic heterocycles. The van der Waals surface area contributed by atoms with Gasteiger partial charge in [0.15, 0.2) is 0 Å². The Kier molecular flexibility index (Phi) is 17.0. The number of benzene rings is 2. The van der Waals surface area contributed by atoms with E-state index in [1.54, 1.807) is 36.5 Å². The molecular weight excluding hydrogens is 968 g/mol. The Morgan fingerprint density at radius 2 is 1.03 bits per heavy atom. The predicted octanol–water partition coefficient (Wildman–Crippen LogP) is 6.35. The Morgan fingerprint density at radius 3 is 1.47 bits per heavy atom. The lowest BCUT2D eigenvalue weighted by Gasteiger charge is -2.27. The van der Waals surface area contributed by atoms with Gasteiger partial charge in [-0.1, -0.05) is 48.5 Å². The molecule has 73 heavy (non-hydrogen) atoms. The summed E-state index contributed by atoms with van der Waals surface area (Å²) in [5.41, 5.74) is 15.1. The lowest BCUT2D eigenvalue weighted by Crippen LogP contribution is -2.39. The van der Waals surface area contributed by atoms with Gasteiger partial charge in [0.2, 0.25) is 20.9 Å². The van der Waals surface area contributed by atoms with E-state index >= 15 is 0 Å². The molecule has 5 N–H and O–H groups in total. The van der Waals surface area contributed by atoms with E-state index in [0.717, 1.165) is 56.7 Å². The molecule has 10 rings (SSSR count). The lowest BCUT2D eigenvalue weighted by atomic mass is 10.0. The summed E-state index contributed by atoms with van der Waals surface area (Å²) in [6.45, 7) is 5.92. The number of nitrogens with two attached hydrogens (primary N) is 1. The van der Waals surface area contributed by atoms with Crippen molar-refractivity contribution in [3.05, 3.63) is 167 Å². The minimum atomic E-state index is -3.55. The number of hydrogen-bond acceptors (Lipinski definition) is 18. The summed E-state index contributed by atoms with van der Waals surface area (Å²) in [5, 5.41) is 9.23. The van der Waals surface area contributed by atoms with Crippen LogP contribution in [0.25, 0.3) is 22.3 Å². The number of carbonyl (C=O) groups is 2. The number of fused-ring (bicyclic) bond motifs is 2. The number of halogens is 1. The first kappa shape index (κ1) is 52.4. The van der Waals surface area contributed by atoms with Crippen molar-refractivity contribution in [1.82, 2.24) is 49.8 Å². The van der Waals surface area contributed by atoms with Gasteiger partial charge in [-0.25, -0.2) is 48.3 Å². The van der Waals surface area contributed by atoms with Crippen molar-refractivity contribution < 1.29 is 18.0 Å². The molecule has 0 radical (unpaired) electrons. The third kappa shape index (κ3) is 12.7. The molecule has 2 aromatic carbocycles. The zero-order chi connectivity index (χ0) is 50.8. The number of carbonyl (C=O) groups excluding carboxylic acids is 2. The van der Waals surface area contributed by atoms with Crippen LogP contribution < -0.4 is 31.5 Å². The molecule has 22 heteroatoms. The molecule has 8 heterocycles. The highest BCUT2D eigenvalue weighted by atomic mass is 35.5. The molecule has 0 saturated carbocycles. The van der Waals surface area contributed by atoms with Gasteiger partial charge >= 0.3 is 0 Å². The number of aryl methyl sites for hydroxylation is 2. The van der Waals surface area contributed by atoms with Gasteiger partial charge in [-0.3, -0.25) is 29.4 Å². The molecule has 0 atom stereocenters. The van der Waals surface area contributed by atoms with Crippen LogP contribution >= 0.6 is 12.4 Å². The summed E-state index contributed by atoms with van der Waals surface area (Å²) in [5.74, 6) is 2.25. The first-order valence-electron chi connectivity index (χ1n) is 22.9. The maximum absolute atomic E-state index is 13.1. The minimum absolute atomic E-state index is 0. The van der Waals surface area contributed by atoms with Gasteiger partial charge in [0.05, 0.1) is 22.5 Å². The second-order valence-corrected chi connectivity index (χ2v) is 18.4. The van der Waals surface area contributed by atoms with E-state index in [1.165, 1.54) is 30.8 Å². The second kappa shape index (κ2) is 23.7. The first-order valence-corrected chi connectivity index (χ1v) is 24.7. The third-order valence-corrected chi connectivity index (χ3v) is 12.4. The minimum Gasteiger partial charge on any atom is -0.366 e. The summed E-state index contributed by atoms with van der Waals surface area (Å²) in [6, 6.07) is 28.2. The van der Waals surface area contributed by atoms with Crippen LogP contribution in [0.3, 0.4) is 0 Å². The van der Waals surface area contributed by atoms with Gasteiger partial charge in [0.1, 0.15) is 35.9 Å². The van der Waals surface area contributed by atoms with E-state index in [1.807, 2.05) is 38.2 Å². The van der Waals surface area contributed by atoms with E-state index in [4.69, 9.17) is 0 Å². The molecule has 0 spiro atoms. The predicted molar refractivity (Wildman–Crippen MR) is 282 cm³/mol. The maximum atomic E-state index is 13.1. The maximum Gasteiger partial charge on any atom is 0.262 e. The average molecular weight is 1020 g/mol. The Bertz CT molecular complexity index is 3350. The molecule has 20 nitrogen and oxygen atoms in total. The normalized spacial score (nSPS) is 12.7. The number of sulfone groups is 1. The number of rotatable bonds is 12. The zero-order valence-corrected chi connectivity index (χ0v) is 42.3. The fraction of sp³-hybridized carbons (Fsp3) is 0.216. The van der Waals surface area contributed by atoms with Crippen molar-refractivity contribution in [3.8, 4) is 22.3 Å². The smallest absolute Gasteiger partial charge is 0.262 e. The average Bonchev–Trinajstić information content (AvgIpc) is 3.40. The van der Waals surface area contributed by atoms with Crippen molar-refractivity contribution >= 4 is 63.3 Å². The molecule has 2 aliphatic rings. The van der Waals surface area contributed by atoms with Gasteiger partial charge in [-0.15, -0.1) is 12.4 Å². The Labute approximate surface area is 428 Å². The molecule has 8 aromatic rings. The van der Waals surface area contributed by atoms with E-state index in [-0.39, 0.29) is 34.9 Å². The highest BCUT2D eigenvalue weighted by Gasteiger charge is 2.30. The van der Waals surface area contributed by atoms with Gasteiger partial charge in [-0.2, -0.15) is 0 Å². The highest BCUT2D eigenvalue weighted by Crippen LogP contribution is 2.27. The molecule has 2 amide bonds. The van der Waals surface area contributed by atoms with Crippen molar-refractivity contribution in [2.75, 3.05) is 59.2 Å². The summed E-state index contributed by atoms with van der Waals surface area (Å²) < 4.78 is 23.5. The van der Waals surface area contributed by atoms with Crippen LogP contribution in [0.2, 0.25) is 0 Å². The third-order valence-electron chi connectivity index (χ3n) is 11.5. The summed E-state index contributed by atoms with van der Waals surface area (Å²) in [4.78, 5) is 71.4. The second-order valence-electron chi connectivity index (χ2n) is 16.5. The Morgan fingerprint density at radius 1 is 0.575 bits per heavy atom. The number of nitrogens with zero attached hydrogens (tertiary/aromatic N) is 12. The number of anilines is 5. The fourth-order valence-electron chi connectivity index (χ4n) is 7.87. The van der Waals surface area contributed by atoms with Gasteiger partial charge in [-0.05, 0) is 78.5 Å². The van der Waals surface area contributed by atoms with Crippen molar-refractivity contribution in [3.63, 3.8) is 0 Å². The standard InChI is InChI=1S/C25H24N8O.C25H23N7O3S.CH5N.ClH/c1-16-11-19(7-9-27-16)18-5-3-17(4-6-18)13-28-22-12-23(31-15-30-22)33-10-8-21-20(24(33)34)14-29-25(26-2)32-21;1-16-11-19(7-9-26-16)18-5-3-17(4-6-18)13-27-22-12-23(30-15-29-22)32-10-8-21-20(24(32)33)14-28-25(31-21)36(2,34)35;1-2;/h3-7,9,11-12,14-15H,8,10,13H2,1-2H3,(H,26,29,32)(H,28,30,31);3-7,9,11-12,14-15H,8,10,13H2,1-2H3,(H,27,29,30);2H2,1H3;1H.